The van der Waals surface area contributed by atoms with Crippen LogP contribution in [0.4, 0.5) is 5.69 Å². The summed E-state index contributed by atoms with van der Waals surface area (Å²) in [6.45, 7) is 3.52. The fraction of sp³-hybridized carbons (Fsp3) is 0.348. The van der Waals surface area contributed by atoms with E-state index < -0.39 is 11.9 Å². The summed E-state index contributed by atoms with van der Waals surface area (Å²) in [7, 11) is 0. The number of carboxylic acid groups (broad SMARTS) is 1. The van der Waals surface area contributed by atoms with Gasteiger partial charge >= 0.3 is 11.9 Å². The molecule has 3 rings (SSSR count). The van der Waals surface area contributed by atoms with Crippen LogP contribution >= 0.6 is 0 Å². The van der Waals surface area contributed by atoms with Gasteiger partial charge in [-0.1, -0.05) is 19.3 Å². The van der Waals surface area contributed by atoms with Gasteiger partial charge in [0.25, 0.3) is 5.91 Å². The largest absolute Gasteiger partial charge is 0.507 e. The van der Waals surface area contributed by atoms with E-state index in [2.05, 4.69) is 10.6 Å². The van der Waals surface area contributed by atoms with Crippen molar-refractivity contribution in [2.24, 2.45) is 0 Å². The van der Waals surface area contributed by atoms with Gasteiger partial charge in [0.05, 0.1) is 5.56 Å². The highest BCUT2D eigenvalue weighted by atomic mass is 16.5. The summed E-state index contributed by atoms with van der Waals surface area (Å²) in [6, 6.07) is 7.78. The molecule has 0 radical (unpaired) electrons. The Balaban J connectivity index is 1.78. The molecule has 2 amide bonds. The van der Waals surface area contributed by atoms with Crippen LogP contribution in [0.5, 0.6) is 17.2 Å². The lowest BCUT2D eigenvalue weighted by molar-refractivity contribution is -0.147. The number of amides is 2. The first-order valence-corrected chi connectivity index (χ1v) is 10.2. The van der Waals surface area contributed by atoms with Crippen LogP contribution in [0.2, 0.25) is 0 Å². The molecule has 31 heavy (non-hydrogen) atoms. The topological polar surface area (TPSA) is 125 Å². The summed E-state index contributed by atoms with van der Waals surface area (Å²) in [5.74, 6) is -2.27. The Morgan fingerprint density at radius 3 is 2.26 bits per heavy atom. The summed E-state index contributed by atoms with van der Waals surface area (Å²) in [6.07, 6.45) is 5.22. The molecule has 0 aromatic heterocycles. The minimum Gasteiger partial charge on any atom is -0.507 e. The zero-order chi connectivity index (χ0) is 22.5. The molecule has 1 aliphatic rings. The summed E-state index contributed by atoms with van der Waals surface area (Å²) < 4.78 is 5.96. The highest BCUT2D eigenvalue weighted by Crippen LogP contribution is 2.33. The van der Waals surface area contributed by atoms with Crippen LogP contribution in [-0.2, 0) is 9.59 Å². The molecule has 0 aliphatic heterocycles. The Morgan fingerprint density at radius 2 is 1.65 bits per heavy atom. The van der Waals surface area contributed by atoms with Gasteiger partial charge in [0.15, 0.2) is 0 Å². The van der Waals surface area contributed by atoms with E-state index in [9.17, 15) is 19.5 Å². The van der Waals surface area contributed by atoms with Crippen LogP contribution < -0.4 is 15.4 Å². The number of phenols is 1. The van der Waals surface area contributed by atoms with Crippen LogP contribution in [0, 0.1) is 13.8 Å². The summed E-state index contributed by atoms with van der Waals surface area (Å²) in [4.78, 5) is 34.8. The molecule has 0 bridgehead atoms. The monoisotopic (exact) mass is 426 g/mol. The number of carboxylic acids is 1. The Hall–Kier alpha value is -3.55. The van der Waals surface area contributed by atoms with Crippen molar-refractivity contribution >= 4 is 23.5 Å². The number of carbonyl (C=O) groups excluding carboxylic acids is 2. The molecule has 0 atom stereocenters. The molecule has 0 heterocycles. The number of hydrogen-bond donors (Lipinski definition) is 4. The second kappa shape index (κ2) is 9.51. The highest BCUT2D eigenvalue weighted by molar-refractivity contribution is 6.36. The number of aryl methyl sites for hydroxylation is 2. The van der Waals surface area contributed by atoms with Crippen molar-refractivity contribution in [2.75, 3.05) is 5.32 Å². The van der Waals surface area contributed by atoms with Crippen molar-refractivity contribution in [2.45, 2.75) is 52.0 Å². The molecule has 0 unspecified atom stereocenters. The lowest BCUT2D eigenvalue weighted by atomic mass is 9.95. The molecule has 0 spiro atoms. The normalized spacial score (nSPS) is 14.0. The zero-order valence-electron chi connectivity index (χ0n) is 17.5. The van der Waals surface area contributed by atoms with E-state index in [1.807, 2.05) is 0 Å². The lowest BCUT2D eigenvalue weighted by Crippen LogP contribution is -2.36. The molecule has 164 valence electrons. The quantitative estimate of drug-likeness (QED) is 0.538. The smallest absolute Gasteiger partial charge is 0.394 e. The predicted octanol–water partition coefficient (Wildman–Crippen LogP) is 3.89. The third-order valence-electron chi connectivity index (χ3n) is 5.29. The Kier molecular flexibility index (Phi) is 6.79. The summed E-state index contributed by atoms with van der Waals surface area (Å²) in [5, 5.41) is 24.2. The fourth-order valence-electron chi connectivity index (χ4n) is 3.76. The maximum atomic E-state index is 12.7. The van der Waals surface area contributed by atoms with E-state index in [0.29, 0.717) is 28.3 Å². The minimum absolute atomic E-state index is 0.114. The molecule has 2 aromatic carbocycles. The second-order valence-corrected chi connectivity index (χ2v) is 7.79. The molecule has 8 heteroatoms. The van der Waals surface area contributed by atoms with Gasteiger partial charge in [-0.05, 0) is 68.1 Å². The van der Waals surface area contributed by atoms with Gasteiger partial charge < -0.3 is 25.6 Å². The number of rotatable bonds is 5. The first-order chi connectivity index (χ1) is 14.7. The van der Waals surface area contributed by atoms with Crippen molar-refractivity contribution in [1.29, 1.82) is 0 Å². The number of carbonyl (C=O) groups is 3. The van der Waals surface area contributed by atoms with E-state index >= 15 is 0 Å². The third-order valence-corrected chi connectivity index (χ3v) is 5.29. The second-order valence-electron chi connectivity index (χ2n) is 7.79. The van der Waals surface area contributed by atoms with Crippen molar-refractivity contribution in [3.8, 4) is 17.2 Å². The molecular weight excluding hydrogens is 400 g/mol. The Morgan fingerprint density at radius 1 is 1.00 bits per heavy atom. The van der Waals surface area contributed by atoms with Gasteiger partial charge in [-0.15, -0.1) is 0 Å². The maximum Gasteiger partial charge on any atom is 0.394 e. The van der Waals surface area contributed by atoms with Gasteiger partial charge in [0.2, 0.25) is 0 Å². The van der Waals surface area contributed by atoms with Crippen LogP contribution in [0.1, 0.15) is 53.6 Å². The van der Waals surface area contributed by atoms with Crippen molar-refractivity contribution in [3.05, 3.63) is 47.0 Å². The summed E-state index contributed by atoms with van der Waals surface area (Å²) >= 11 is 0. The van der Waals surface area contributed by atoms with Gasteiger partial charge in [0, 0.05) is 11.7 Å². The highest BCUT2D eigenvalue weighted by Gasteiger charge is 2.20. The number of anilines is 1. The minimum atomic E-state index is -1.57. The average Bonchev–Trinajstić information content (AvgIpc) is 2.72. The molecule has 4 N–H and O–H groups in total. The third kappa shape index (κ3) is 5.53. The van der Waals surface area contributed by atoms with Gasteiger partial charge in [-0.2, -0.15) is 0 Å². The van der Waals surface area contributed by atoms with Crippen LogP contribution in [0.15, 0.2) is 30.3 Å². The molecule has 1 fully saturated rings. The number of benzene rings is 2. The molecule has 8 nitrogen and oxygen atoms in total. The van der Waals surface area contributed by atoms with Crippen LogP contribution in [-0.4, -0.2) is 34.0 Å². The van der Waals surface area contributed by atoms with Gasteiger partial charge in [0.1, 0.15) is 17.2 Å². The number of phenolic OH excluding ortho intramolecular Hbond substituents is 1. The maximum absolute atomic E-state index is 12.7. The van der Waals surface area contributed by atoms with E-state index in [-0.39, 0.29) is 23.3 Å². The van der Waals surface area contributed by atoms with Gasteiger partial charge in [-0.3, -0.25) is 9.59 Å². The van der Waals surface area contributed by atoms with Crippen LogP contribution in [0.3, 0.4) is 0 Å². The first-order valence-electron chi connectivity index (χ1n) is 10.2. The molecular formula is C23H26N2O6. The predicted molar refractivity (Wildman–Crippen MR) is 115 cm³/mol. The molecule has 0 saturated heterocycles. The number of hydrogen-bond acceptors (Lipinski definition) is 5. The van der Waals surface area contributed by atoms with E-state index in [1.165, 1.54) is 18.6 Å². The fourth-order valence-corrected chi connectivity index (χ4v) is 3.76. The molecule has 2 aromatic rings. The standard InChI is InChI=1S/C23H26N2O6/c1-13-10-16(25-22(28)23(29)30)11-14(2)20(13)31-17-8-9-19(26)18(12-17)21(27)24-15-6-4-3-5-7-15/h8-12,15,26H,3-7H2,1-2H3,(H,24,27)(H,25,28)(H,29,30). The van der Waals surface area contributed by atoms with Crippen LogP contribution in [0.25, 0.3) is 0 Å². The average molecular weight is 426 g/mol. The van der Waals surface area contributed by atoms with Crippen molar-refractivity contribution < 1.29 is 29.3 Å². The van der Waals surface area contributed by atoms with Crippen molar-refractivity contribution in [3.63, 3.8) is 0 Å². The van der Waals surface area contributed by atoms with E-state index in [4.69, 9.17) is 9.84 Å². The molecule has 1 saturated carbocycles. The van der Waals surface area contributed by atoms with Gasteiger partial charge in [-0.25, -0.2) is 4.79 Å². The first kappa shape index (κ1) is 22.1. The van der Waals surface area contributed by atoms with E-state index in [1.54, 1.807) is 32.0 Å². The SMILES string of the molecule is Cc1cc(NC(=O)C(=O)O)cc(C)c1Oc1ccc(O)c(C(=O)NC2CCCCC2)c1. The lowest BCUT2D eigenvalue weighted by Gasteiger charge is -2.23. The Bertz CT molecular complexity index is 988. The number of aliphatic carboxylic acids is 1. The number of nitrogens with one attached hydrogen (secondary N) is 2. The van der Waals surface area contributed by atoms with Crippen molar-refractivity contribution in [1.82, 2.24) is 5.32 Å². The Labute approximate surface area is 180 Å². The summed E-state index contributed by atoms with van der Waals surface area (Å²) in [5.41, 5.74) is 1.82. The number of ether oxygens (including phenoxy) is 1. The number of aromatic hydroxyl groups is 1. The zero-order valence-corrected chi connectivity index (χ0v) is 17.5. The molecule has 1 aliphatic carbocycles. The van der Waals surface area contributed by atoms with E-state index in [0.717, 1.165) is 25.7 Å².